The standard InChI is InChI=1S/C22H20N6O2S/c23-22-27-21-18(29)12-15(13-19(21)31-22)4-2-8-24-16-5-1-6-17(14-16)26-20(30)7-11-28-10-3-9-25-28/h1,3,5-6,9-10,12-14,24,29H,7-8,11H2,(H2,23,27)(H,26,30). The van der Waals surface area contributed by atoms with Crippen LogP contribution in [0.3, 0.4) is 0 Å². The first kappa shape index (κ1) is 20.3. The minimum Gasteiger partial charge on any atom is -0.506 e. The highest BCUT2D eigenvalue weighted by Gasteiger charge is 2.07. The van der Waals surface area contributed by atoms with Gasteiger partial charge in [-0.3, -0.25) is 9.48 Å². The van der Waals surface area contributed by atoms with Gasteiger partial charge in [-0.15, -0.1) is 0 Å². The minimum absolute atomic E-state index is 0.0682. The van der Waals surface area contributed by atoms with Crippen LogP contribution in [0.5, 0.6) is 5.75 Å². The zero-order chi connectivity index (χ0) is 21.6. The second kappa shape index (κ2) is 9.19. The van der Waals surface area contributed by atoms with Crippen molar-refractivity contribution in [1.29, 1.82) is 0 Å². The van der Waals surface area contributed by atoms with E-state index in [0.717, 1.165) is 10.4 Å². The molecule has 9 heteroatoms. The van der Waals surface area contributed by atoms with Crippen molar-refractivity contribution in [3.63, 3.8) is 0 Å². The third kappa shape index (κ3) is 5.32. The predicted molar refractivity (Wildman–Crippen MR) is 123 cm³/mol. The number of fused-ring (bicyclic) bond motifs is 1. The third-order valence-electron chi connectivity index (χ3n) is 4.38. The zero-order valence-electron chi connectivity index (χ0n) is 16.5. The van der Waals surface area contributed by atoms with Crippen molar-refractivity contribution in [1.82, 2.24) is 14.8 Å². The van der Waals surface area contributed by atoms with E-state index in [1.807, 2.05) is 42.6 Å². The number of thiazole rings is 1. The lowest BCUT2D eigenvalue weighted by Gasteiger charge is -2.08. The number of aromatic hydroxyl groups is 1. The van der Waals surface area contributed by atoms with E-state index in [1.165, 1.54) is 11.3 Å². The second-order valence-corrected chi connectivity index (χ2v) is 7.76. The molecule has 0 fully saturated rings. The van der Waals surface area contributed by atoms with Gasteiger partial charge in [-0.25, -0.2) is 4.98 Å². The Hall–Kier alpha value is -4.03. The van der Waals surface area contributed by atoms with Crippen LogP contribution in [-0.2, 0) is 11.3 Å². The van der Waals surface area contributed by atoms with Gasteiger partial charge in [0.15, 0.2) is 5.13 Å². The smallest absolute Gasteiger partial charge is 0.226 e. The van der Waals surface area contributed by atoms with Gasteiger partial charge in [0.05, 0.1) is 11.2 Å². The maximum atomic E-state index is 12.1. The number of hydrogen-bond acceptors (Lipinski definition) is 7. The molecule has 0 saturated carbocycles. The minimum atomic E-state index is -0.0775. The highest BCUT2D eigenvalue weighted by atomic mass is 32.1. The summed E-state index contributed by atoms with van der Waals surface area (Å²) in [7, 11) is 0. The molecule has 2 heterocycles. The van der Waals surface area contributed by atoms with Gasteiger partial charge in [-0.1, -0.05) is 29.2 Å². The van der Waals surface area contributed by atoms with Gasteiger partial charge in [0.2, 0.25) is 5.91 Å². The van der Waals surface area contributed by atoms with E-state index in [0.29, 0.717) is 41.4 Å². The van der Waals surface area contributed by atoms with Gasteiger partial charge in [0, 0.05) is 42.3 Å². The number of phenols is 1. The third-order valence-corrected chi connectivity index (χ3v) is 5.21. The molecule has 5 N–H and O–H groups in total. The van der Waals surface area contributed by atoms with Crippen LogP contribution in [0.1, 0.15) is 12.0 Å². The molecular weight excluding hydrogens is 412 g/mol. The molecule has 156 valence electrons. The highest BCUT2D eigenvalue weighted by Crippen LogP contribution is 2.31. The highest BCUT2D eigenvalue weighted by molar-refractivity contribution is 7.22. The van der Waals surface area contributed by atoms with Crippen LogP contribution in [-0.4, -0.2) is 32.3 Å². The first-order valence-electron chi connectivity index (χ1n) is 9.56. The molecule has 0 spiro atoms. The van der Waals surface area contributed by atoms with Crippen LogP contribution >= 0.6 is 11.3 Å². The maximum absolute atomic E-state index is 12.1. The van der Waals surface area contributed by atoms with E-state index in [9.17, 15) is 9.90 Å². The molecular formula is C22H20N6O2S. The molecule has 31 heavy (non-hydrogen) atoms. The Bertz CT molecular complexity index is 1270. The van der Waals surface area contributed by atoms with Crippen LogP contribution in [0, 0.1) is 11.8 Å². The summed E-state index contributed by atoms with van der Waals surface area (Å²) in [6.07, 6.45) is 3.85. The number of phenolic OH excluding ortho intramolecular Hbond substituents is 1. The number of nitrogens with two attached hydrogens (primary N) is 1. The summed E-state index contributed by atoms with van der Waals surface area (Å²) in [5.41, 5.74) is 8.43. The Labute approximate surface area is 182 Å². The van der Waals surface area contributed by atoms with Crippen molar-refractivity contribution < 1.29 is 9.90 Å². The normalized spacial score (nSPS) is 10.5. The molecule has 0 aliphatic rings. The summed E-state index contributed by atoms with van der Waals surface area (Å²) in [5.74, 6) is 6.04. The van der Waals surface area contributed by atoms with Crippen molar-refractivity contribution >= 4 is 44.0 Å². The molecule has 0 radical (unpaired) electrons. The fraction of sp³-hybridized carbons (Fsp3) is 0.136. The lowest BCUT2D eigenvalue weighted by molar-refractivity contribution is -0.116. The van der Waals surface area contributed by atoms with Crippen LogP contribution in [0.2, 0.25) is 0 Å². The summed E-state index contributed by atoms with van der Waals surface area (Å²) in [6.45, 7) is 0.933. The molecule has 4 rings (SSSR count). The molecule has 0 bridgehead atoms. The van der Waals surface area contributed by atoms with Gasteiger partial charge < -0.3 is 21.5 Å². The number of nitrogens with zero attached hydrogens (tertiary/aromatic N) is 3. The predicted octanol–water partition coefficient (Wildman–Crippen LogP) is 3.27. The number of nitrogens with one attached hydrogen (secondary N) is 2. The fourth-order valence-electron chi connectivity index (χ4n) is 2.97. The van der Waals surface area contributed by atoms with Crippen LogP contribution in [0.25, 0.3) is 10.2 Å². The Kier molecular flexibility index (Phi) is 6.01. The van der Waals surface area contributed by atoms with Crippen LogP contribution < -0.4 is 16.4 Å². The van der Waals surface area contributed by atoms with Crippen molar-refractivity contribution in [2.24, 2.45) is 0 Å². The molecule has 2 aromatic carbocycles. The van der Waals surface area contributed by atoms with E-state index >= 15 is 0 Å². The number of rotatable bonds is 6. The molecule has 1 amide bonds. The lowest BCUT2D eigenvalue weighted by atomic mass is 10.2. The van der Waals surface area contributed by atoms with Crippen LogP contribution in [0.15, 0.2) is 54.9 Å². The molecule has 4 aromatic rings. The van der Waals surface area contributed by atoms with Crippen molar-refractivity contribution in [2.75, 3.05) is 22.9 Å². The van der Waals surface area contributed by atoms with Crippen molar-refractivity contribution in [3.8, 4) is 17.6 Å². The number of aromatic nitrogens is 3. The van der Waals surface area contributed by atoms with E-state index in [2.05, 4.69) is 32.6 Å². The Balaban J connectivity index is 1.32. The largest absolute Gasteiger partial charge is 0.506 e. The average molecular weight is 433 g/mol. The summed E-state index contributed by atoms with van der Waals surface area (Å²) in [6, 6.07) is 12.7. The van der Waals surface area contributed by atoms with Crippen LogP contribution in [0.4, 0.5) is 16.5 Å². The van der Waals surface area contributed by atoms with Gasteiger partial charge >= 0.3 is 0 Å². The van der Waals surface area contributed by atoms with Gasteiger partial charge in [0.25, 0.3) is 0 Å². The van der Waals surface area contributed by atoms with E-state index in [-0.39, 0.29) is 11.7 Å². The fourth-order valence-corrected chi connectivity index (χ4v) is 3.77. The van der Waals surface area contributed by atoms with E-state index < -0.39 is 0 Å². The molecule has 0 saturated heterocycles. The molecule has 0 aliphatic heterocycles. The van der Waals surface area contributed by atoms with Gasteiger partial charge in [-0.2, -0.15) is 5.10 Å². The van der Waals surface area contributed by atoms with E-state index in [4.69, 9.17) is 5.73 Å². The topological polar surface area (TPSA) is 118 Å². The number of nitrogen functional groups attached to an aromatic ring is 1. The molecule has 0 unspecified atom stereocenters. The molecule has 0 aliphatic carbocycles. The number of hydrogen-bond donors (Lipinski definition) is 4. The molecule has 0 atom stereocenters. The van der Waals surface area contributed by atoms with Crippen molar-refractivity contribution in [2.45, 2.75) is 13.0 Å². The summed E-state index contributed by atoms with van der Waals surface area (Å²) in [5, 5.41) is 20.6. The first-order chi connectivity index (χ1) is 15.1. The second-order valence-electron chi connectivity index (χ2n) is 6.70. The van der Waals surface area contributed by atoms with Crippen molar-refractivity contribution in [3.05, 3.63) is 60.4 Å². The Morgan fingerprint density at radius 2 is 2.10 bits per heavy atom. The Morgan fingerprint density at radius 3 is 2.94 bits per heavy atom. The number of benzene rings is 2. The number of anilines is 3. The van der Waals surface area contributed by atoms with Gasteiger partial charge in [-0.05, 0) is 36.4 Å². The first-order valence-corrected chi connectivity index (χ1v) is 10.4. The summed E-state index contributed by atoms with van der Waals surface area (Å²) >= 11 is 1.31. The average Bonchev–Trinajstić information content (AvgIpc) is 3.39. The quantitative estimate of drug-likeness (QED) is 0.347. The maximum Gasteiger partial charge on any atom is 0.226 e. The SMILES string of the molecule is Nc1nc2c(O)cc(C#CCNc3cccc(NC(=O)CCn4cccn4)c3)cc2s1. The summed E-state index contributed by atoms with van der Waals surface area (Å²) in [4.78, 5) is 16.2. The monoisotopic (exact) mass is 432 g/mol. The number of amides is 1. The summed E-state index contributed by atoms with van der Waals surface area (Å²) < 4.78 is 2.52. The lowest BCUT2D eigenvalue weighted by Crippen LogP contribution is -2.14. The number of carbonyl (C=O) groups excluding carboxylic acids is 1. The van der Waals surface area contributed by atoms with E-state index in [1.54, 1.807) is 16.9 Å². The molecule has 8 nitrogen and oxygen atoms in total. The Morgan fingerprint density at radius 1 is 1.23 bits per heavy atom. The number of carbonyl (C=O) groups is 1. The van der Waals surface area contributed by atoms with Gasteiger partial charge in [0.1, 0.15) is 11.3 Å². The zero-order valence-corrected chi connectivity index (χ0v) is 17.3. The number of aryl methyl sites for hydroxylation is 1. The molecule has 2 aromatic heterocycles.